The minimum Gasteiger partial charge on any atom is -0.378 e. The van der Waals surface area contributed by atoms with Crippen LogP contribution in [-0.4, -0.2) is 23.6 Å². The van der Waals surface area contributed by atoms with Gasteiger partial charge in [-0.25, -0.2) is 0 Å². The summed E-state index contributed by atoms with van der Waals surface area (Å²) in [6.45, 7) is 4.48. The molecular formula is C19H24N2OS. The average Bonchev–Trinajstić information content (AvgIpc) is 3.10. The SMILES string of the molecule is C[C@@H](Nc1cccc(N2CCCC2)c1)c1ccc([S@](C)=O)cc1. The fourth-order valence-electron chi connectivity index (χ4n) is 3.05. The van der Waals surface area contributed by atoms with E-state index in [-0.39, 0.29) is 6.04 Å². The predicted molar refractivity (Wildman–Crippen MR) is 98.7 cm³/mol. The summed E-state index contributed by atoms with van der Waals surface area (Å²) in [5.41, 5.74) is 3.65. The van der Waals surface area contributed by atoms with Crippen molar-refractivity contribution >= 4 is 22.2 Å². The molecule has 0 bridgehead atoms. The van der Waals surface area contributed by atoms with E-state index < -0.39 is 10.8 Å². The summed E-state index contributed by atoms with van der Waals surface area (Å²) < 4.78 is 11.5. The highest BCUT2D eigenvalue weighted by Crippen LogP contribution is 2.26. The topological polar surface area (TPSA) is 32.3 Å². The maximum Gasteiger partial charge on any atom is 0.0498 e. The Morgan fingerprint density at radius 2 is 1.78 bits per heavy atom. The number of anilines is 2. The van der Waals surface area contributed by atoms with Gasteiger partial charge in [-0.3, -0.25) is 4.21 Å². The summed E-state index contributed by atoms with van der Waals surface area (Å²) in [6, 6.07) is 16.9. The maximum absolute atomic E-state index is 11.5. The van der Waals surface area contributed by atoms with E-state index in [2.05, 4.69) is 53.5 Å². The van der Waals surface area contributed by atoms with Crippen molar-refractivity contribution in [1.82, 2.24) is 0 Å². The third-order valence-corrected chi connectivity index (χ3v) is 5.35. The third-order valence-electron chi connectivity index (χ3n) is 4.41. The molecule has 0 unspecified atom stereocenters. The van der Waals surface area contributed by atoms with Crippen LogP contribution in [0.1, 0.15) is 31.4 Å². The summed E-state index contributed by atoms with van der Waals surface area (Å²) in [5.74, 6) is 0. The van der Waals surface area contributed by atoms with Crippen LogP contribution in [-0.2, 0) is 10.8 Å². The van der Waals surface area contributed by atoms with Gasteiger partial charge < -0.3 is 10.2 Å². The van der Waals surface area contributed by atoms with Gasteiger partial charge in [-0.05, 0) is 55.7 Å². The molecule has 2 atom stereocenters. The van der Waals surface area contributed by atoms with Gasteiger partial charge in [0.1, 0.15) is 0 Å². The quantitative estimate of drug-likeness (QED) is 0.893. The van der Waals surface area contributed by atoms with Crippen molar-refractivity contribution in [3.8, 4) is 0 Å². The van der Waals surface area contributed by atoms with E-state index >= 15 is 0 Å². The van der Waals surface area contributed by atoms with Crippen molar-refractivity contribution in [2.75, 3.05) is 29.6 Å². The lowest BCUT2D eigenvalue weighted by Crippen LogP contribution is -2.17. The molecule has 1 N–H and O–H groups in total. The van der Waals surface area contributed by atoms with Crippen LogP contribution >= 0.6 is 0 Å². The lowest BCUT2D eigenvalue weighted by molar-refractivity contribution is 0.686. The molecular weight excluding hydrogens is 304 g/mol. The van der Waals surface area contributed by atoms with Crippen LogP contribution in [0.25, 0.3) is 0 Å². The van der Waals surface area contributed by atoms with Crippen LogP contribution in [0.3, 0.4) is 0 Å². The molecule has 0 aromatic heterocycles. The summed E-state index contributed by atoms with van der Waals surface area (Å²) in [6.07, 6.45) is 4.29. The molecule has 2 aromatic rings. The first-order chi connectivity index (χ1) is 11.1. The normalized spacial score (nSPS) is 17.0. The summed E-state index contributed by atoms with van der Waals surface area (Å²) in [7, 11) is -0.919. The molecule has 1 fully saturated rings. The molecule has 0 radical (unpaired) electrons. The second-order valence-corrected chi connectivity index (χ2v) is 7.51. The van der Waals surface area contributed by atoms with E-state index in [1.54, 1.807) is 6.26 Å². The third kappa shape index (κ3) is 3.94. The number of rotatable bonds is 5. The molecule has 1 heterocycles. The van der Waals surface area contributed by atoms with Crippen molar-refractivity contribution in [2.24, 2.45) is 0 Å². The Morgan fingerprint density at radius 1 is 1.09 bits per heavy atom. The van der Waals surface area contributed by atoms with Crippen LogP contribution in [0.4, 0.5) is 11.4 Å². The molecule has 3 rings (SSSR count). The Kier molecular flexibility index (Phi) is 5.01. The molecule has 23 heavy (non-hydrogen) atoms. The molecule has 1 saturated heterocycles. The highest BCUT2D eigenvalue weighted by molar-refractivity contribution is 7.84. The Balaban J connectivity index is 1.70. The highest BCUT2D eigenvalue weighted by atomic mass is 32.2. The number of hydrogen-bond acceptors (Lipinski definition) is 3. The number of nitrogens with zero attached hydrogens (tertiary/aromatic N) is 1. The van der Waals surface area contributed by atoms with E-state index in [0.29, 0.717) is 0 Å². The van der Waals surface area contributed by atoms with Gasteiger partial charge >= 0.3 is 0 Å². The zero-order valence-corrected chi connectivity index (χ0v) is 14.6. The molecule has 0 aliphatic carbocycles. The van der Waals surface area contributed by atoms with Gasteiger partial charge in [-0.15, -0.1) is 0 Å². The van der Waals surface area contributed by atoms with Crippen LogP contribution < -0.4 is 10.2 Å². The van der Waals surface area contributed by atoms with Crippen molar-refractivity contribution in [3.05, 3.63) is 54.1 Å². The van der Waals surface area contributed by atoms with Gasteiger partial charge in [0.15, 0.2) is 0 Å². The first kappa shape index (κ1) is 16.1. The summed E-state index contributed by atoms with van der Waals surface area (Å²) >= 11 is 0. The van der Waals surface area contributed by atoms with Crippen LogP contribution in [0, 0.1) is 0 Å². The van der Waals surface area contributed by atoms with E-state index in [1.165, 1.54) is 24.1 Å². The maximum atomic E-state index is 11.5. The summed E-state index contributed by atoms with van der Waals surface area (Å²) in [5, 5.41) is 3.57. The standard InChI is InChI=1S/C19H24N2OS/c1-15(16-8-10-19(11-9-16)23(2)22)20-17-6-5-7-18(14-17)21-12-3-4-13-21/h5-11,14-15,20H,3-4,12-13H2,1-2H3/t15-,23+/m1/s1. The largest absolute Gasteiger partial charge is 0.378 e. The van der Waals surface area contributed by atoms with Crippen LogP contribution in [0.15, 0.2) is 53.4 Å². The molecule has 0 spiro atoms. The Labute approximate surface area is 141 Å². The molecule has 122 valence electrons. The summed E-state index contributed by atoms with van der Waals surface area (Å²) in [4.78, 5) is 3.32. The van der Waals surface area contributed by atoms with Gasteiger partial charge in [0.05, 0.1) is 0 Å². The van der Waals surface area contributed by atoms with Crippen molar-refractivity contribution in [3.63, 3.8) is 0 Å². The van der Waals surface area contributed by atoms with E-state index in [9.17, 15) is 4.21 Å². The van der Waals surface area contributed by atoms with E-state index in [1.807, 2.05) is 12.1 Å². The molecule has 3 nitrogen and oxygen atoms in total. The zero-order valence-electron chi connectivity index (χ0n) is 13.8. The van der Waals surface area contributed by atoms with E-state index in [4.69, 9.17) is 0 Å². The lowest BCUT2D eigenvalue weighted by Gasteiger charge is -2.21. The monoisotopic (exact) mass is 328 g/mol. The molecule has 1 aliphatic rings. The second-order valence-electron chi connectivity index (χ2n) is 6.13. The highest BCUT2D eigenvalue weighted by Gasteiger charge is 2.13. The van der Waals surface area contributed by atoms with Gasteiger partial charge in [-0.2, -0.15) is 0 Å². The second kappa shape index (κ2) is 7.18. The first-order valence-electron chi connectivity index (χ1n) is 8.18. The van der Waals surface area contributed by atoms with Crippen molar-refractivity contribution in [1.29, 1.82) is 0 Å². The van der Waals surface area contributed by atoms with E-state index in [0.717, 1.165) is 23.7 Å². The lowest BCUT2D eigenvalue weighted by atomic mass is 10.1. The Bertz CT molecular complexity index is 678. The van der Waals surface area contributed by atoms with Crippen LogP contribution in [0.2, 0.25) is 0 Å². The smallest absolute Gasteiger partial charge is 0.0498 e. The molecule has 1 aliphatic heterocycles. The molecule has 2 aromatic carbocycles. The van der Waals surface area contributed by atoms with Crippen molar-refractivity contribution < 1.29 is 4.21 Å². The molecule has 0 amide bonds. The molecule has 4 heteroatoms. The average molecular weight is 328 g/mol. The van der Waals surface area contributed by atoms with Gasteiger partial charge in [0.25, 0.3) is 0 Å². The van der Waals surface area contributed by atoms with Gasteiger partial charge in [-0.1, -0.05) is 18.2 Å². The fourth-order valence-corrected chi connectivity index (χ4v) is 3.57. The van der Waals surface area contributed by atoms with Crippen molar-refractivity contribution in [2.45, 2.75) is 30.7 Å². The van der Waals surface area contributed by atoms with Crippen LogP contribution in [0.5, 0.6) is 0 Å². The molecule has 0 saturated carbocycles. The Hall–Kier alpha value is -1.81. The Morgan fingerprint density at radius 3 is 2.43 bits per heavy atom. The number of benzene rings is 2. The zero-order chi connectivity index (χ0) is 16.2. The fraction of sp³-hybridized carbons (Fsp3) is 0.368. The predicted octanol–water partition coefficient (Wildman–Crippen LogP) is 4.20. The van der Waals surface area contributed by atoms with Gasteiger partial charge in [0.2, 0.25) is 0 Å². The minimum absolute atomic E-state index is 0.211. The minimum atomic E-state index is -0.919. The first-order valence-corrected chi connectivity index (χ1v) is 9.74. The van der Waals surface area contributed by atoms with Gasteiger partial charge in [0, 0.05) is 52.5 Å². The number of hydrogen-bond donors (Lipinski definition) is 1. The number of nitrogens with one attached hydrogen (secondary N) is 1.